The van der Waals surface area contributed by atoms with E-state index < -0.39 is 6.10 Å². The molecule has 0 aromatic carbocycles. The van der Waals surface area contributed by atoms with Crippen molar-refractivity contribution in [2.75, 3.05) is 44.6 Å². The summed E-state index contributed by atoms with van der Waals surface area (Å²) in [6, 6.07) is 0. The number of anilines is 2. The number of nitrogens with zero attached hydrogens (tertiary/aromatic N) is 3. The van der Waals surface area contributed by atoms with E-state index in [4.69, 9.17) is 4.74 Å². The van der Waals surface area contributed by atoms with Crippen molar-refractivity contribution in [3.63, 3.8) is 0 Å². The van der Waals surface area contributed by atoms with Crippen molar-refractivity contribution in [2.45, 2.75) is 25.9 Å². The summed E-state index contributed by atoms with van der Waals surface area (Å²) >= 11 is 0. The summed E-state index contributed by atoms with van der Waals surface area (Å²) in [6.07, 6.45) is 0.995. The van der Waals surface area contributed by atoms with Crippen LogP contribution in [0, 0.1) is 0 Å². The van der Waals surface area contributed by atoms with Crippen molar-refractivity contribution in [3.8, 4) is 0 Å². The maximum absolute atomic E-state index is 9.81. The largest absolute Gasteiger partial charge is 0.389 e. The minimum Gasteiger partial charge on any atom is -0.389 e. The van der Waals surface area contributed by atoms with Crippen LogP contribution in [0.3, 0.4) is 0 Å². The Morgan fingerprint density at radius 3 is 2.63 bits per heavy atom. The van der Waals surface area contributed by atoms with Gasteiger partial charge in [-0.3, -0.25) is 0 Å². The average Bonchev–Trinajstić information content (AvgIpc) is 2.37. The fraction of sp³-hybridized carbons (Fsp3) is 0.692. The van der Waals surface area contributed by atoms with Gasteiger partial charge in [0.05, 0.1) is 12.7 Å². The highest BCUT2D eigenvalue weighted by atomic mass is 16.5. The first-order valence-corrected chi connectivity index (χ1v) is 6.42. The minimum absolute atomic E-state index is 0.292. The van der Waals surface area contributed by atoms with Crippen molar-refractivity contribution >= 4 is 11.6 Å². The van der Waals surface area contributed by atoms with Gasteiger partial charge < -0.3 is 20.1 Å². The predicted octanol–water partition coefficient (Wildman–Crippen LogP) is 1.09. The zero-order valence-corrected chi connectivity index (χ0v) is 12.3. The molecule has 6 heteroatoms. The van der Waals surface area contributed by atoms with Gasteiger partial charge in [0.1, 0.15) is 18.0 Å². The van der Waals surface area contributed by atoms with Crippen LogP contribution in [0.25, 0.3) is 0 Å². The molecule has 0 saturated carbocycles. The van der Waals surface area contributed by atoms with Gasteiger partial charge in [0.2, 0.25) is 0 Å². The number of hydrogen-bond donors (Lipinski definition) is 2. The van der Waals surface area contributed by atoms with Crippen molar-refractivity contribution in [2.24, 2.45) is 0 Å². The highest BCUT2D eigenvalue weighted by Crippen LogP contribution is 2.29. The normalized spacial score (nSPS) is 12.6. The minimum atomic E-state index is -0.539. The molecule has 1 aromatic heterocycles. The van der Waals surface area contributed by atoms with Crippen LogP contribution in [0.15, 0.2) is 6.33 Å². The van der Waals surface area contributed by atoms with Crippen molar-refractivity contribution in [3.05, 3.63) is 11.9 Å². The Morgan fingerprint density at radius 2 is 2.11 bits per heavy atom. The second-order valence-electron chi connectivity index (χ2n) is 4.85. The number of hydrogen-bond acceptors (Lipinski definition) is 6. The second kappa shape index (κ2) is 7.25. The lowest BCUT2D eigenvalue weighted by molar-refractivity contribution is 0.0694. The van der Waals surface area contributed by atoms with E-state index in [9.17, 15) is 5.11 Å². The van der Waals surface area contributed by atoms with Crippen molar-refractivity contribution < 1.29 is 9.84 Å². The monoisotopic (exact) mass is 268 g/mol. The van der Waals surface area contributed by atoms with E-state index in [1.165, 1.54) is 6.33 Å². The Balaban J connectivity index is 2.98. The number of nitrogens with one attached hydrogen (secondary N) is 1. The maximum atomic E-state index is 9.81. The lowest BCUT2D eigenvalue weighted by atomic mass is 10.0. The quantitative estimate of drug-likeness (QED) is 0.771. The third kappa shape index (κ3) is 4.04. The number of aliphatic hydroxyl groups is 1. The molecule has 0 saturated heterocycles. The molecule has 0 radical (unpaired) electrons. The van der Waals surface area contributed by atoms with E-state index >= 15 is 0 Å². The van der Waals surface area contributed by atoms with Gasteiger partial charge in [-0.15, -0.1) is 0 Å². The molecule has 108 valence electrons. The van der Waals surface area contributed by atoms with Crippen molar-refractivity contribution in [1.82, 2.24) is 9.97 Å². The van der Waals surface area contributed by atoms with Crippen LogP contribution in [-0.2, 0) is 4.74 Å². The molecule has 1 rings (SSSR count). The standard InChI is InChI=1S/C13H24N4O2/c1-9(2)11-12(14-3)15-8-16-13(11)17(4)6-10(18)7-19-5/h8-10,18H,6-7H2,1-5H3,(H,14,15,16). The lowest BCUT2D eigenvalue weighted by Crippen LogP contribution is -2.33. The maximum Gasteiger partial charge on any atom is 0.137 e. The Bertz CT molecular complexity index is 398. The van der Waals surface area contributed by atoms with E-state index in [0.717, 1.165) is 17.2 Å². The molecular weight excluding hydrogens is 244 g/mol. The Labute approximate surface area is 114 Å². The number of methoxy groups -OCH3 is 1. The summed E-state index contributed by atoms with van der Waals surface area (Å²) in [4.78, 5) is 10.5. The molecule has 1 heterocycles. The first-order valence-electron chi connectivity index (χ1n) is 6.42. The Hall–Kier alpha value is -1.40. The fourth-order valence-electron chi connectivity index (χ4n) is 2.07. The fourth-order valence-corrected chi connectivity index (χ4v) is 2.07. The van der Waals surface area contributed by atoms with Crippen LogP contribution in [-0.4, -0.2) is 55.5 Å². The van der Waals surface area contributed by atoms with E-state index in [0.29, 0.717) is 19.1 Å². The molecule has 1 unspecified atom stereocenters. The van der Waals surface area contributed by atoms with Crippen LogP contribution >= 0.6 is 0 Å². The van der Waals surface area contributed by atoms with E-state index in [1.54, 1.807) is 7.11 Å². The SMILES string of the molecule is CNc1ncnc(N(C)CC(O)COC)c1C(C)C. The topological polar surface area (TPSA) is 70.5 Å². The number of aliphatic hydroxyl groups excluding tert-OH is 1. The molecule has 0 aliphatic carbocycles. The van der Waals surface area contributed by atoms with Gasteiger partial charge in [-0.05, 0) is 5.92 Å². The molecule has 0 amide bonds. The van der Waals surface area contributed by atoms with Gasteiger partial charge in [0.25, 0.3) is 0 Å². The number of likely N-dealkylation sites (N-methyl/N-ethyl adjacent to an activating group) is 1. The lowest BCUT2D eigenvalue weighted by Gasteiger charge is -2.25. The van der Waals surface area contributed by atoms with Gasteiger partial charge in [-0.25, -0.2) is 9.97 Å². The molecule has 0 aliphatic rings. The molecule has 0 fully saturated rings. The summed E-state index contributed by atoms with van der Waals surface area (Å²) in [6.45, 7) is 4.98. The predicted molar refractivity (Wildman–Crippen MR) is 76.8 cm³/mol. The van der Waals surface area contributed by atoms with Gasteiger partial charge >= 0.3 is 0 Å². The van der Waals surface area contributed by atoms with Crippen molar-refractivity contribution in [1.29, 1.82) is 0 Å². The van der Waals surface area contributed by atoms with Crippen LogP contribution in [0.4, 0.5) is 11.6 Å². The molecule has 2 N–H and O–H groups in total. The van der Waals surface area contributed by atoms with E-state index in [-0.39, 0.29) is 0 Å². The van der Waals surface area contributed by atoms with Crippen LogP contribution in [0.5, 0.6) is 0 Å². The molecule has 6 nitrogen and oxygen atoms in total. The molecule has 19 heavy (non-hydrogen) atoms. The summed E-state index contributed by atoms with van der Waals surface area (Å²) in [5.74, 6) is 1.96. The summed E-state index contributed by atoms with van der Waals surface area (Å²) in [5.41, 5.74) is 1.05. The molecule has 0 spiro atoms. The van der Waals surface area contributed by atoms with E-state index in [1.807, 2.05) is 19.0 Å². The first kappa shape index (κ1) is 15.7. The highest BCUT2D eigenvalue weighted by molar-refractivity contribution is 5.59. The highest BCUT2D eigenvalue weighted by Gasteiger charge is 2.18. The molecular formula is C13H24N4O2. The van der Waals surface area contributed by atoms with E-state index in [2.05, 4.69) is 29.1 Å². The average molecular weight is 268 g/mol. The third-order valence-electron chi connectivity index (χ3n) is 2.88. The van der Waals surface area contributed by atoms with Gasteiger partial charge in [0, 0.05) is 33.3 Å². The summed E-state index contributed by atoms with van der Waals surface area (Å²) in [7, 11) is 5.33. The summed E-state index contributed by atoms with van der Waals surface area (Å²) in [5, 5.41) is 12.9. The zero-order chi connectivity index (χ0) is 14.4. The van der Waals surface area contributed by atoms with Gasteiger partial charge in [-0.1, -0.05) is 13.8 Å². The molecule has 1 atom stereocenters. The number of ether oxygens (including phenoxy) is 1. The zero-order valence-electron chi connectivity index (χ0n) is 12.3. The Kier molecular flexibility index (Phi) is 5.98. The molecule has 0 bridgehead atoms. The Morgan fingerprint density at radius 1 is 1.42 bits per heavy atom. The molecule has 1 aromatic rings. The first-order chi connectivity index (χ1) is 9.01. The number of aromatic nitrogens is 2. The summed E-state index contributed by atoms with van der Waals surface area (Å²) < 4.78 is 4.94. The van der Waals surface area contributed by atoms with Crippen LogP contribution < -0.4 is 10.2 Å². The smallest absolute Gasteiger partial charge is 0.137 e. The second-order valence-corrected chi connectivity index (χ2v) is 4.85. The van der Waals surface area contributed by atoms with Crippen LogP contribution in [0.2, 0.25) is 0 Å². The third-order valence-corrected chi connectivity index (χ3v) is 2.88. The van der Waals surface area contributed by atoms with Gasteiger partial charge in [-0.2, -0.15) is 0 Å². The number of rotatable bonds is 7. The van der Waals surface area contributed by atoms with Gasteiger partial charge in [0.15, 0.2) is 0 Å². The molecule has 0 aliphatic heterocycles. The van der Waals surface area contributed by atoms with Crippen LogP contribution in [0.1, 0.15) is 25.3 Å².